The Morgan fingerprint density at radius 3 is 2.36 bits per heavy atom. The second-order valence-corrected chi connectivity index (χ2v) is 8.21. The van der Waals surface area contributed by atoms with Crippen molar-refractivity contribution < 1.29 is 4.79 Å². The van der Waals surface area contributed by atoms with Crippen LogP contribution in [0.4, 0.5) is 5.69 Å². The van der Waals surface area contributed by atoms with Gasteiger partial charge < -0.3 is 10.6 Å². The molecule has 0 heterocycles. The third-order valence-corrected chi connectivity index (χ3v) is 4.29. The molecule has 1 atom stereocenters. The van der Waals surface area contributed by atoms with E-state index in [1.54, 1.807) is 24.3 Å². The molecule has 0 saturated heterocycles. The van der Waals surface area contributed by atoms with Crippen LogP contribution in [0.25, 0.3) is 6.08 Å². The van der Waals surface area contributed by atoms with Gasteiger partial charge in [-0.05, 0) is 29.8 Å². The minimum Gasteiger partial charge on any atom is -0.361 e. The Bertz CT molecular complexity index is 759. The largest absolute Gasteiger partial charge is 0.361 e. The lowest BCUT2D eigenvalue weighted by Gasteiger charge is -2.27. The lowest BCUT2D eigenvalue weighted by molar-refractivity contribution is -0.116. The third-order valence-electron chi connectivity index (χ3n) is 3.07. The third kappa shape index (κ3) is 6.61. The van der Waals surface area contributed by atoms with Crippen LogP contribution >= 0.6 is 58.0 Å². The van der Waals surface area contributed by atoms with Crippen LogP contribution in [0.1, 0.15) is 5.56 Å². The van der Waals surface area contributed by atoms with E-state index in [1.807, 2.05) is 30.3 Å². The minimum atomic E-state index is -1.82. The van der Waals surface area contributed by atoms with Crippen molar-refractivity contribution >= 4 is 75.7 Å². The first-order valence-electron chi connectivity index (χ1n) is 7.07. The number of alkyl halides is 3. The Morgan fingerprint density at radius 2 is 1.72 bits per heavy atom. The number of anilines is 1. The van der Waals surface area contributed by atoms with Gasteiger partial charge in [-0.25, -0.2) is 0 Å². The number of benzene rings is 2. The summed E-state index contributed by atoms with van der Waals surface area (Å²) in [6.07, 6.45) is 1.97. The molecule has 0 saturated carbocycles. The van der Waals surface area contributed by atoms with E-state index in [9.17, 15) is 4.79 Å². The molecule has 2 aromatic rings. The van der Waals surface area contributed by atoms with E-state index in [1.165, 1.54) is 6.08 Å². The zero-order valence-corrected chi connectivity index (χ0v) is 16.4. The first-order chi connectivity index (χ1) is 11.8. The van der Waals surface area contributed by atoms with E-state index in [4.69, 9.17) is 58.0 Å². The maximum absolute atomic E-state index is 12.1. The molecule has 0 aliphatic rings. The average molecular weight is 439 g/mol. The van der Waals surface area contributed by atoms with Crippen molar-refractivity contribution in [2.45, 2.75) is 9.96 Å². The fourth-order valence-electron chi connectivity index (χ4n) is 1.89. The van der Waals surface area contributed by atoms with Crippen LogP contribution in [0, 0.1) is 0 Å². The number of halogens is 5. The lowest BCUT2D eigenvalue weighted by atomic mass is 10.2. The van der Waals surface area contributed by atoms with Gasteiger partial charge in [0.25, 0.3) is 0 Å². The highest BCUT2D eigenvalue weighted by atomic mass is 35.6. The molecule has 0 fully saturated rings. The van der Waals surface area contributed by atoms with E-state index in [0.717, 1.165) is 5.56 Å². The molecule has 0 aromatic heterocycles. The minimum absolute atomic E-state index is 0.373. The smallest absolute Gasteiger partial charge is 0.245 e. The van der Waals surface area contributed by atoms with Crippen LogP contribution in [0.2, 0.25) is 10.0 Å². The highest BCUT2D eigenvalue weighted by Crippen LogP contribution is 2.33. The maximum atomic E-state index is 12.1. The monoisotopic (exact) mass is 436 g/mol. The maximum Gasteiger partial charge on any atom is 0.245 e. The topological polar surface area (TPSA) is 41.1 Å². The van der Waals surface area contributed by atoms with Gasteiger partial charge in [-0.15, -0.1) is 0 Å². The summed E-state index contributed by atoms with van der Waals surface area (Å²) in [5, 5.41) is 6.29. The Hall–Kier alpha value is -1.10. The fourth-order valence-corrected chi connectivity index (χ4v) is 2.56. The summed E-state index contributed by atoms with van der Waals surface area (Å²) < 4.78 is -1.82. The Balaban J connectivity index is 2.11. The van der Waals surface area contributed by atoms with E-state index in [0.29, 0.717) is 15.7 Å². The lowest BCUT2D eigenvalue weighted by Crippen LogP contribution is -2.48. The van der Waals surface area contributed by atoms with Gasteiger partial charge in [0.2, 0.25) is 9.70 Å². The van der Waals surface area contributed by atoms with Crippen molar-refractivity contribution in [3.63, 3.8) is 0 Å². The van der Waals surface area contributed by atoms with Crippen LogP contribution in [0.3, 0.4) is 0 Å². The van der Waals surface area contributed by atoms with E-state index in [-0.39, 0.29) is 0 Å². The molecule has 132 valence electrons. The normalized spacial score (nSPS) is 12.8. The standard InChI is InChI=1S/C17H13Cl5N2O/c18-12-7-8-13(19)14(10-12)23-16(17(20,21)22)24-15(25)9-6-11-4-2-1-3-5-11/h1-10,16,23H,(H,24,25)/b9-6+/t16-/m0/s1. The summed E-state index contributed by atoms with van der Waals surface area (Å²) in [5.74, 6) is -0.439. The predicted octanol–water partition coefficient (Wildman–Crippen LogP) is 5.93. The molecular formula is C17H13Cl5N2O. The Kier molecular flexibility index (Phi) is 7.29. The van der Waals surface area contributed by atoms with Crippen LogP contribution in [0.5, 0.6) is 0 Å². The summed E-state index contributed by atoms with van der Waals surface area (Å²) in [6.45, 7) is 0. The van der Waals surface area contributed by atoms with E-state index >= 15 is 0 Å². The number of rotatable bonds is 5. The zero-order chi connectivity index (χ0) is 18.4. The number of nitrogens with one attached hydrogen (secondary N) is 2. The van der Waals surface area contributed by atoms with Crippen molar-refractivity contribution in [2.75, 3.05) is 5.32 Å². The van der Waals surface area contributed by atoms with Crippen molar-refractivity contribution in [3.8, 4) is 0 Å². The highest BCUT2D eigenvalue weighted by Gasteiger charge is 2.34. The molecule has 2 rings (SSSR count). The average Bonchev–Trinajstić information content (AvgIpc) is 2.55. The van der Waals surface area contributed by atoms with E-state index in [2.05, 4.69) is 10.6 Å². The highest BCUT2D eigenvalue weighted by molar-refractivity contribution is 6.68. The van der Waals surface area contributed by atoms with E-state index < -0.39 is 15.9 Å². The van der Waals surface area contributed by atoms with Crippen LogP contribution in [-0.4, -0.2) is 15.9 Å². The molecule has 0 unspecified atom stereocenters. The molecule has 0 spiro atoms. The quantitative estimate of drug-likeness (QED) is 0.345. The summed E-state index contributed by atoms with van der Waals surface area (Å²) in [5.41, 5.74) is 1.30. The molecule has 0 aliphatic heterocycles. The SMILES string of the molecule is O=C(/C=C/c1ccccc1)N[C@H](Nc1cc(Cl)ccc1Cl)C(Cl)(Cl)Cl. The molecule has 3 nitrogen and oxygen atoms in total. The van der Waals surface area contributed by atoms with Crippen molar-refractivity contribution in [3.05, 3.63) is 70.2 Å². The second kappa shape index (κ2) is 9.02. The number of carbonyl (C=O) groups is 1. The van der Waals surface area contributed by atoms with Gasteiger partial charge in [-0.1, -0.05) is 88.3 Å². The Morgan fingerprint density at radius 1 is 1.04 bits per heavy atom. The van der Waals surface area contributed by atoms with Gasteiger partial charge >= 0.3 is 0 Å². The van der Waals surface area contributed by atoms with Gasteiger partial charge in [-0.2, -0.15) is 0 Å². The zero-order valence-electron chi connectivity index (χ0n) is 12.6. The number of amides is 1. The molecule has 0 radical (unpaired) electrons. The first-order valence-corrected chi connectivity index (χ1v) is 8.96. The molecule has 0 bridgehead atoms. The fraction of sp³-hybridized carbons (Fsp3) is 0.118. The summed E-state index contributed by atoms with van der Waals surface area (Å²) >= 11 is 29.9. The summed E-state index contributed by atoms with van der Waals surface area (Å²) in [6, 6.07) is 14.1. The number of carbonyl (C=O) groups excluding carboxylic acids is 1. The van der Waals surface area contributed by atoms with Gasteiger partial charge in [0, 0.05) is 11.1 Å². The molecule has 25 heavy (non-hydrogen) atoms. The van der Waals surface area contributed by atoms with Gasteiger partial charge in [-0.3, -0.25) is 4.79 Å². The van der Waals surface area contributed by atoms with Crippen LogP contribution in [0.15, 0.2) is 54.6 Å². The predicted molar refractivity (Wildman–Crippen MR) is 108 cm³/mol. The first kappa shape index (κ1) is 20.2. The van der Waals surface area contributed by atoms with Crippen LogP contribution in [-0.2, 0) is 4.79 Å². The van der Waals surface area contributed by atoms with Gasteiger partial charge in [0.15, 0.2) is 0 Å². The second-order valence-electron chi connectivity index (χ2n) is 5.00. The molecule has 0 aliphatic carbocycles. The van der Waals surface area contributed by atoms with Crippen LogP contribution < -0.4 is 10.6 Å². The van der Waals surface area contributed by atoms with Crippen molar-refractivity contribution in [1.29, 1.82) is 0 Å². The van der Waals surface area contributed by atoms with Gasteiger partial charge in [0.1, 0.15) is 6.17 Å². The number of hydrogen-bond donors (Lipinski definition) is 2. The summed E-state index contributed by atoms with van der Waals surface area (Å²) in [4.78, 5) is 12.1. The number of hydrogen-bond acceptors (Lipinski definition) is 2. The molecule has 2 aromatic carbocycles. The molecular weight excluding hydrogens is 425 g/mol. The molecule has 1 amide bonds. The Labute approximate surface area is 170 Å². The molecule has 8 heteroatoms. The van der Waals surface area contributed by atoms with Crippen molar-refractivity contribution in [2.24, 2.45) is 0 Å². The molecule has 2 N–H and O–H groups in total. The van der Waals surface area contributed by atoms with Crippen molar-refractivity contribution in [1.82, 2.24) is 5.32 Å². The van der Waals surface area contributed by atoms with Gasteiger partial charge in [0.05, 0.1) is 10.7 Å². The summed E-state index contributed by atoms with van der Waals surface area (Å²) in [7, 11) is 0.